The molecule has 2 heterocycles. The van der Waals surface area contributed by atoms with Crippen molar-refractivity contribution in [1.82, 2.24) is 4.90 Å². The Labute approximate surface area is 91.8 Å². The molecule has 1 atom stereocenters. The molecule has 3 nitrogen and oxygen atoms in total. The van der Waals surface area contributed by atoms with Gasteiger partial charge in [-0.3, -0.25) is 4.79 Å². The Balaban J connectivity index is 1.95. The Hall–Kier alpha value is -0.570. The second-order valence-corrected chi connectivity index (χ2v) is 5.10. The SMILES string of the molecule is CC(C)C1CC(=O)N(C2CCOCC2)C1. The van der Waals surface area contributed by atoms with Crippen LogP contribution in [0.15, 0.2) is 0 Å². The van der Waals surface area contributed by atoms with Crippen LogP contribution in [0.5, 0.6) is 0 Å². The van der Waals surface area contributed by atoms with Crippen LogP contribution < -0.4 is 0 Å². The highest BCUT2D eigenvalue weighted by molar-refractivity contribution is 5.79. The number of nitrogens with zero attached hydrogens (tertiary/aromatic N) is 1. The third-order valence-electron chi connectivity index (χ3n) is 3.76. The summed E-state index contributed by atoms with van der Waals surface area (Å²) >= 11 is 0. The van der Waals surface area contributed by atoms with Crippen LogP contribution in [-0.2, 0) is 9.53 Å². The Morgan fingerprint density at radius 1 is 1.33 bits per heavy atom. The molecule has 2 aliphatic heterocycles. The van der Waals surface area contributed by atoms with E-state index in [0.29, 0.717) is 23.8 Å². The van der Waals surface area contributed by atoms with E-state index in [1.807, 2.05) is 0 Å². The van der Waals surface area contributed by atoms with Crippen LogP contribution in [0.4, 0.5) is 0 Å². The van der Waals surface area contributed by atoms with Crippen molar-refractivity contribution < 1.29 is 9.53 Å². The van der Waals surface area contributed by atoms with Gasteiger partial charge in [0.05, 0.1) is 0 Å². The lowest BCUT2D eigenvalue weighted by Gasteiger charge is -2.31. The molecule has 0 aromatic heterocycles. The highest BCUT2D eigenvalue weighted by atomic mass is 16.5. The van der Waals surface area contributed by atoms with E-state index in [9.17, 15) is 4.79 Å². The molecular weight excluding hydrogens is 190 g/mol. The first kappa shape index (κ1) is 10.9. The van der Waals surface area contributed by atoms with Gasteiger partial charge in [-0.2, -0.15) is 0 Å². The number of rotatable bonds is 2. The van der Waals surface area contributed by atoms with Crippen molar-refractivity contribution in [3.63, 3.8) is 0 Å². The van der Waals surface area contributed by atoms with Gasteiger partial charge < -0.3 is 9.64 Å². The maximum Gasteiger partial charge on any atom is 0.223 e. The molecule has 2 aliphatic rings. The zero-order chi connectivity index (χ0) is 10.8. The smallest absolute Gasteiger partial charge is 0.223 e. The van der Waals surface area contributed by atoms with Crippen molar-refractivity contribution in [3.05, 3.63) is 0 Å². The predicted molar refractivity (Wildman–Crippen MR) is 58.5 cm³/mol. The molecule has 1 unspecified atom stereocenters. The van der Waals surface area contributed by atoms with Gasteiger partial charge >= 0.3 is 0 Å². The van der Waals surface area contributed by atoms with Gasteiger partial charge in [0.2, 0.25) is 5.91 Å². The van der Waals surface area contributed by atoms with Crippen LogP contribution in [0.3, 0.4) is 0 Å². The molecular formula is C12H21NO2. The van der Waals surface area contributed by atoms with Gasteiger partial charge in [-0.1, -0.05) is 13.8 Å². The van der Waals surface area contributed by atoms with E-state index in [4.69, 9.17) is 4.74 Å². The largest absolute Gasteiger partial charge is 0.381 e. The maximum absolute atomic E-state index is 11.9. The first-order chi connectivity index (χ1) is 7.18. The lowest BCUT2D eigenvalue weighted by molar-refractivity contribution is -0.131. The van der Waals surface area contributed by atoms with Crippen molar-refractivity contribution in [3.8, 4) is 0 Å². The quantitative estimate of drug-likeness (QED) is 0.695. The van der Waals surface area contributed by atoms with Gasteiger partial charge in [0, 0.05) is 32.2 Å². The number of carbonyl (C=O) groups is 1. The van der Waals surface area contributed by atoms with Crippen molar-refractivity contribution in [2.45, 2.75) is 39.2 Å². The molecule has 0 radical (unpaired) electrons. The van der Waals surface area contributed by atoms with E-state index < -0.39 is 0 Å². The molecule has 0 aromatic rings. The maximum atomic E-state index is 11.9. The fourth-order valence-electron chi connectivity index (χ4n) is 2.56. The van der Waals surface area contributed by atoms with Crippen molar-refractivity contribution >= 4 is 5.91 Å². The lowest BCUT2D eigenvalue weighted by atomic mass is 9.95. The normalized spacial score (nSPS) is 29.1. The minimum absolute atomic E-state index is 0.362. The Kier molecular flexibility index (Phi) is 3.29. The average Bonchev–Trinajstić information content (AvgIpc) is 2.62. The topological polar surface area (TPSA) is 29.5 Å². The molecule has 0 bridgehead atoms. The van der Waals surface area contributed by atoms with E-state index in [1.165, 1.54) is 0 Å². The van der Waals surface area contributed by atoms with E-state index in [0.717, 1.165) is 39.0 Å². The highest BCUT2D eigenvalue weighted by Crippen LogP contribution is 2.28. The number of hydrogen-bond acceptors (Lipinski definition) is 2. The Bertz CT molecular complexity index is 234. The second-order valence-electron chi connectivity index (χ2n) is 5.10. The van der Waals surface area contributed by atoms with Gasteiger partial charge in [-0.25, -0.2) is 0 Å². The van der Waals surface area contributed by atoms with Crippen LogP contribution in [0, 0.1) is 11.8 Å². The van der Waals surface area contributed by atoms with Crippen molar-refractivity contribution in [2.24, 2.45) is 11.8 Å². The monoisotopic (exact) mass is 211 g/mol. The number of hydrogen-bond donors (Lipinski definition) is 0. The number of ether oxygens (including phenoxy) is 1. The van der Waals surface area contributed by atoms with Gasteiger partial charge in [-0.15, -0.1) is 0 Å². The fourth-order valence-corrected chi connectivity index (χ4v) is 2.56. The first-order valence-electron chi connectivity index (χ1n) is 6.05. The van der Waals surface area contributed by atoms with Crippen LogP contribution in [0.2, 0.25) is 0 Å². The van der Waals surface area contributed by atoms with E-state index in [-0.39, 0.29) is 0 Å². The summed E-state index contributed by atoms with van der Waals surface area (Å²) in [6, 6.07) is 0.454. The van der Waals surface area contributed by atoms with Crippen molar-refractivity contribution in [1.29, 1.82) is 0 Å². The summed E-state index contributed by atoms with van der Waals surface area (Å²) in [5.41, 5.74) is 0. The number of amides is 1. The molecule has 1 amide bonds. The predicted octanol–water partition coefficient (Wildman–Crippen LogP) is 1.67. The number of carbonyl (C=O) groups excluding carboxylic acids is 1. The van der Waals surface area contributed by atoms with Crippen LogP contribution in [0.25, 0.3) is 0 Å². The summed E-state index contributed by atoms with van der Waals surface area (Å²) in [6.07, 6.45) is 2.81. The minimum Gasteiger partial charge on any atom is -0.381 e. The van der Waals surface area contributed by atoms with Crippen LogP contribution in [-0.4, -0.2) is 36.6 Å². The molecule has 0 saturated carbocycles. The Morgan fingerprint density at radius 2 is 2.00 bits per heavy atom. The van der Waals surface area contributed by atoms with Crippen LogP contribution in [0.1, 0.15) is 33.1 Å². The standard InChI is InChI=1S/C12H21NO2/c1-9(2)10-7-12(14)13(8-10)11-3-5-15-6-4-11/h9-11H,3-8H2,1-2H3. The third kappa shape index (κ3) is 2.33. The lowest BCUT2D eigenvalue weighted by Crippen LogP contribution is -2.40. The molecule has 2 rings (SSSR count). The summed E-state index contributed by atoms with van der Waals surface area (Å²) < 4.78 is 5.33. The fraction of sp³-hybridized carbons (Fsp3) is 0.917. The summed E-state index contributed by atoms with van der Waals surface area (Å²) in [7, 11) is 0. The number of likely N-dealkylation sites (tertiary alicyclic amines) is 1. The molecule has 15 heavy (non-hydrogen) atoms. The molecule has 3 heteroatoms. The first-order valence-corrected chi connectivity index (χ1v) is 6.05. The molecule has 2 fully saturated rings. The molecule has 86 valence electrons. The summed E-state index contributed by atoms with van der Waals surface area (Å²) in [4.78, 5) is 14.0. The van der Waals surface area contributed by atoms with Gasteiger partial charge in [0.1, 0.15) is 0 Å². The summed E-state index contributed by atoms with van der Waals surface area (Å²) in [5.74, 6) is 1.56. The third-order valence-corrected chi connectivity index (χ3v) is 3.76. The van der Waals surface area contributed by atoms with Crippen molar-refractivity contribution in [2.75, 3.05) is 19.8 Å². The van der Waals surface area contributed by atoms with Gasteiger partial charge in [0.25, 0.3) is 0 Å². The highest BCUT2D eigenvalue weighted by Gasteiger charge is 2.35. The summed E-state index contributed by atoms with van der Waals surface area (Å²) in [5, 5.41) is 0. The summed E-state index contributed by atoms with van der Waals surface area (Å²) in [6.45, 7) is 7.04. The van der Waals surface area contributed by atoms with E-state index in [2.05, 4.69) is 18.7 Å². The van der Waals surface area contributed by atoms with Gasteiger partial charge in [-0.05, 0) is 24.7 Å². The van der Waals surface area contributed by atoms with Crippen LogP contribution >= 0.6 is 0 Å². The molecule has 0 aromatic carbocycles. The second kappa shape index (κ2) is 4.52. The molecule has 0 N–H and O–H groups in total. The zero-order valence-electron chi connectivity index (χ0n) is 9.74. The average molecular weight is 211 g/mol. The molecule has 0 aliphatic carbocycles. The molecule has 2 saturated heterocycles. The van der Waals surface area contributed by atoms with Gasteiger partial charge in [0.15, 0.2) is 0 Å². The van der Waals surface area contributed by atoms with E-state index in [1.54, 1.807) is 0 Å². The minimum atomic E-state index is 0.362. The zero-order valence-corrected chi connectivity index (χ0v) is 9.74. The van der Waals surface area contributed by atoms with E-state index >= 15 is 0 Å². The Morgan fingerprint density at radius 3 is 2.53 bits per heavy atom. The molecule has 0 spiro atoms.